The van der Waals surface area contributed by atoms with Gasteiger partial charge < -0.3 is 18.4 Å². The van der Waals surface area contributed by atoms with Gasteiger partial charge in [-0.1, -0.05) is 12.1 Å². The summed E-state index contributed by atoms with van der Waals surface area (Å²) in [4.78, 5) is 28.2. The molecular formula is C23H20N2O6. The van der Waals surface area contributed by atoms with E-state index >= 15 is 0 Å². The van der Waals surface area contributed by atoms with Crippen LogP contribution in [0.1, 0.15) is 24.8 Å². The first kappa shape index (κ1) is 20.3. The molecule has 0 N–H and O–H groups in total. The van der Waals surface area contributed by atoms with Crippen LogP contribution in [0.2, 0.25) is 0 Å². The maximum atomic E-state index is 12.2. The molecule has 0 unspecified atom stereocenters. The molecule has 2 aromatic heterocycles. The normalized spacial score (nSPS) is 10.9. The molecule has 0 bridgehead atoms. The fraction of sp³-hybridized carbons (Fsp3) is 0.217. The predicted molar refractivity (Wildman–Crippen MR) is 112 cm³/mol. The minimum atomic E-state index is -0.461. The van der Waals surface area contributed by atoms with Crippen molar-refractivity contribution in [3.05, 3.63) is 70.4 Å². The Morgan fingerprint density at radius 3 is 2.58 bits per heavy atom. The van der Waals surface area contributed by atoms with Gasteiger partial charge in [-0.15, -0.1) is 0 Å². The first-order chi connectivity index (χ1) is 15.1. The van der Waals surface area contributed by atoms with Crippen molar-refractivity contribution in [2.24, 2.45) is 0 Å². The van der Waals surface area contributed by atoms with Crippen molar-refractivity contribution in [1.29, 1.82) is 0 Å². The fourth-order valence-electron chi connectivity index (χ4n) is 3.17. The minimum absolute atomic E-state index is 0.0568. The van der Waals surface area contributed by atoms with E-state index in [9.17, 15) is 9.59 Å². The van der Waals surface area contributed by atoms with Crippen molar-refractivity contribution >= 4 is 16.9 Å². The van der Waals surface area contributed by atoms with E-state index in [-0.39, 0.29) is 12.8 Å². The zero-order valence-electron chi connectivity index (χ0n) is 17.1. The fourth-order valence-corrected chi connectivity index (χ4v) is 3.17. The molecule has 0 aliphatic heterocycles. The zero-order valence-corrected chi connectivity index (χ0v) is 17.1. The van der Waals surface area contributed by atoms with Crippen LogP contribution < -0.4 is 15.1 Å². The molecule has 0 saturated carbocycles. The third-order valence-corrected chi connectivity index (χ3v) is 4.77. The lowest BCUT2D eigenvalue weighted by atomic mass is 10.1. The van der Waals surface area contributed by atoms with Crippen LogP contribution in [0.3, 0.4) is 0 Å². The summed E-state index contributed by atoms with van der Waals surface area (Å²) >= 11 is 0. The average molecular weight is 420 g/mol. The number of aromatic nitrogens is 2. The van der Waals surface area contributed by atoms with E-state index in [1.165, 1.54) is 6.07 Å². The zero-order chi connectivity index (χ0) is 21.8. The lowest BCUT2D eigenvalue weighted by Gasteiger charge is -2.06. The largest absolute Gasteiger partial charge is 0.497 e. The number of fused-ring (bicyclic) bond motifs is 1. The molecular weight excluding hydrogens is 400 g/mol. The molecule has 0 saturated heterocycles. The Labute approximate surface area is 177 Å². The number of aryl methyl sites for hydroxylation is 2. The Balaban J connectivity index is 1.39. The summed E-state index contributed by atoms with van der Waals surface area (Å²) in [5.74, 6) is 1.34. The van der Waals surface area contributed by atoms with Crippen molar-refractivity contribution in [1.82, 2.24) is 10.1 Å². The van der Waals surface area contributed by atoms with Gasteiger partial charge in [0, 0.05) is 29.5 Å². The van der Waals surface area contributed by atoms with Gasteiger partial charge >= 0.3 is 11.6 Å². The molecule has 158 valence electrons. The molecule has 2 heterocycles. The molecule has 0 spiro atoms. The minimum Gasteiger partial charge on any atom is -0.497 e. The molecule has 0 fully saturated rings. The summed E-state index contributed by atoms with van der Waals surface area (Å²) in [6.07, 6.45) is 0.996. The van der Waals surface area contributed by atoms with E-state index in [0.29, 0.717) is 29.5 Å². The van der Waals surface area contributed by atoms with E-state index in [1.807, 2.05) is 19.1 Å². The van der Waals surface area contributed by atoms with Gasteiger partial charge in [-0.25, -0.2) is 4.79 Å². The van der Waals surface area contributed by atoms with Gasteiger partial charge in [0.2, 0.25) is 11.7 Å². The average Bonchev–Trinajstić information content (AvgIpc) is 3.26. The highest BCUT2D eigenvalue weighted by atomic mass is 16.5. The third kappa shape index (κ3) is 4.63. The van der Waals surface area contributed by atoms with Crippen LogP contribution in [0.25, 0.3) is 22.4 Å². The number of nitrogens with zero attached hydrogens (tertiary/aromatic N) is 2. The molecule has 8 heteroatoms. The van der Waals surface area contributed by atoms with Gasteiger partial charge in [0.25, 0.3) is 0 Å². The topological polar surface area (TPSA) is 105 Å². The number of methoxy groups -OCH3 is 1. The highest BCUT2D eigenvalue weighted by Crippen LogP contribution is 2.24. The maximum Gasteiger partial charge on any atom is 0.336 e. The van der Waals surface area contributed by atoms with Crippen LogP contribution in [0.15, 0.2) is 62.3 Å². The van der Waals surface area contributed by atoms with Gasteiger partial charge in [-0.3, -0.25) is 4.79 Å². The SMILES string of the molecule is CCc1cc(=O)oc2cc(OC(=O)CCc3nc(-c4ccc(OC)cc4)no3)ccc12. The monoisotopic (exact) mass is 420 g/mol. The molecule has 0 atom stereocenters. The number of hydrogen-bond acceptors (Lipinski definition) is 8. The quantitative estimate of drug-likeness (QED) is 0.251. The highest BCUT2D eigenvalue weighted by Gasteiger charge is 2.13. The summed E-state index contributed by atoms with van der Waals surface area (Å²) in [6.45, 7) is 1.96. The van der Waals surface area contributed by atoms with Crippen molar-refractivity contribution in [3.63, 3.8) is 0 Å². The second kappa shape index (κ2) is 8.83. The van der Waals surface area contributed by atoms with E-state index in [4.69, 9.17) is 18.4 Å². The third-order valence-electron chi connectivity index (χ3n) is 4.77. The predicted octanol–water partition coefficient (Wildman–Crippen LogP) is 3.95. The molecule has 4 rings (SSSR count). The molecule has 2 aromatic carbocycles. The molecule has 0 aliphatic rings. The van der Waals surface area contributed by atoms with Gasteiger partial charge in [-0.2, -0.15) is 4.98 Å². The number of benzene rings is 2. The van der Waals surface area contributed by atoms with E-state index < -0.39 is 11.6 Å². The molecule has 4 aromatic rings. The van der Waals surface area contributed by atoms with Gasteiger partial charge in [0.15, 0.2) is 0 Å². The van der Waals surface area contributed by atoms with Gasteiger partial charge in [0.1, 0.15) is 17.1 Å². The van der Waals surface area contributed by atoms with Crippen molar-refractivity contribution in [2.75, 3.05) is 7.11 Å². The first-order valence-electron chi connectivity index (χ1n) is 9.80. The first-order valence-corrected chi connectivity index (χ1v) is 9.80. The van der Waals surface area contributed by atoms with Crippen LogP contribution in [0.4, 0.5) is 0 Å². The van der Waals surface area contributed by atoms with Gasteiger partial charge in [0.05, 0.1) is 13.5 Å². The second-order valence-electron chi connectivity index (χ2n) is 6.82. The van der Waals surface area contributed by atoms with Crippen LogP contribution in [-0.2, 0) is 17.6 Å². The van der Waals surface area contributed by atoms with E-state index in [0.717, 1.165) is 22.3 Å². The summed E-state index contributed by atoms with van der Waals surface area (Å²) in [6, 6.07) is 13.7. The molecule has 0 radical (unpaired) electrons. The summed E-state index contributed by atoms with van der Waals surface area (Å²) < 4.78 is 20.9. The van der Waals surface area contributed by atoms with Crippen LogP contribution >= 0.6 is 0 Å². The van der Waals surface area contributed by atoms with Crippen molar-refractivity contribution < 1.29 is 23.2 Å². The maximum absolute atomic E-state index is 12.2. The van der Waals surface area contributed by atoms with Crippen molar-refractivity contribution in [3.8, 4) is 22.9 Å². The van der Waals surface area contributed by atoms with Crippen molar-refractivity contribution in [2.45, 2.75) is 26.2 Å². The molecule has 31 heavy (non-hydrogen) atoms. The van der Waals surface area contributed by atoms with Crippen LogP contribution in [0.5, 0.6) is 11.5 Å². The Kier molecular flexibility index (Phi) is 5.79. The Hall–Kier alpha value is -3.94. The van der Waals surface area contributed by atoms with Gasteiger partial charge in [-0.05, 0) is 48.4 Å². The lowest BCUT2D eigenvalue weighted by molar-refractivity contribution is -0.134. The Morgan fingerprint density at radius 2 is 1.84 bits per heavy atom. The standard InChI is InChI=1S/C23H20N2O6/c1-3-14-12-22(27)30-19-13-17(8-9-18(14)19)29-21(26)11-10-20-24-23(25-31-20)15-4-6-16(28-2)7-5-15/h4-9,12-13H,3,10-11H2,1-2H3. The second-order valence-corrected chi connectivity index (χ2v) is 6.82. The summed E-state index contributed by atoms with van der Waals surface area (Å²) in [5, 5.41) is 4.76. The summed E-state index contributed by atoms with van der Waals surface area (Å²) in [7, 11) is 1.59. The van der Waals surface area contributed by atoms with E-state index in [2.05, 4.69) is 10.1 Å². The molecule has 0 aliphatic carbocycles. The van der Waals surface area contributed by atoms with E-state index in [1.54, 1.807) is 37.4 Å². The van der Waals surface area contributed by atoms with Crippen LogP contribution in [0, 0.1) is 0 Å². The smallest absolute Gasteiger partial charge is 0.336 e. The molecule has 0 amide bonds. The lowest BCUT2D eigenvalue weighted by Crippen LogP contribution is -2.09. The number of ether oxygens (including phenoxy) is 2. The van der Waals surface area contributed by atoms with Crippen LogP contribution in [-0.4, -0.2) is 23.2 Å². The summed E-state index contributed by atoms with van der Waals surface area (Å²) in [5.41, 5.74) is 1.61. The number of carbonyl (C=O) groups is 1. The number of rotatable bonds is 7. The number of carbonyl (C=O) groups excluding carboxylic acids is 1. The Bertz CT molecular complexity index is 1270. The number of esters is 1. The highest BCUT2D eigenvalue weighted by molar-refractivity contribution is 5.82. The number of hydrogen-bond donors (Lipinski definition) is 0. The Morgan fingerprint density at radius 1 is 1.06 bits per heavy atom. The molecule has 8 nitrogen and oxygen atoms in total.